The average molecular weight is 330 g/mol. The van der Waals surface area contributed by atoms with Crippen LogP contribution in [0, 0.1) is 0 Å². The Morgan fingerprint density at radius 1 is 1.33 bits per heavy atom. The van der Waals surface area contributed by atoms with E-state index in [1.54, 1.807) is 0 Å². The first-order chi connectivity index (χ1) is 11.5. The van der Waals surface area contributed by atoms with Crippen LogP contribution in [0.15, 0.2) is 29.0 Å². The van der Waals surface area contributed by atoms with E-state index in [-0.39, 0.29) is 23.8 Å². The number of rotatable bonds is 5. The highest BCUT2D eigenvalue weighted by Gasteiger charge is 2.28. The van der Waals surface area contributed by atoms with Gasteiger partial charge in [-0.1, -0.05) is 19.0 Å². The molecule has 6 nitrogen and oxygen atoms in total. The molecule has 2 aromatic rings. The van der Waals surface area contributed by atoms with E-state index in [4.69, 9.17) is 4.52 Å². The highest BCUT2D eigenvalue weighted by atomic mass is 16.5. The summed E-state index contributed by atoms with van der Waals surface area (Å²) in [6.45, 7) is 7.66. The van der Waals surface area contributed by atoms with Crippen LogP contribution in [0.1, 0.15) is 69.6 Å². The second kappa shape index (κ2) is 7.20. The molecule has 130 valence electrons. The number of hydrogen-bond acceptors (Lipinski definition) is 4. The third-order valence-corrected chi connectivity index (χ3v) is 4.70. The van der Waals surface area contributed by atoms with Gasteiger partial charge in [0, 0.05) is 49.8 Å². The van der Waals surface area contributed by atoms with Crippen molar-refractivity contribution in [3.8, 4) is 0 Å². The zero-order valence-corrected chi connectivity index (χ0v) is 14.7. The summed E-state index contributed by atoms with van der Waals surface area (Å²) < 4.78 is 7.40. The Balaban J connectivity index is 1.61. The molecule has 1 aliphatic rings. The highest BCUT2D eigenvalue weighted by Crippen LogP contribution is 2.27. The van der Waals surface area contributed by atoms with E-state index >= 15 is 0 Å². The van der Waals surface area contributed by atoms with Gasteiger partial charge in [0.05, 0.1) is 0 Å². The van der Waals surface area contributed by atoms with Crippen molar-refractivity contribution in [3.05, 3.63) is 36.2 Å². The molecule has 0 N–H and O–H groups in total. The first kappa shape index (κ1) is 16.7. The average Bonchev–Trinajstić information content (AvgIpc) is 3.26. The summed E-state index contributed by atoms with van der Waals surface area (Å²) in [6.07, 6.45) is 6.52. The number of carbonyl (C=O) groups excluding carboxylic acids is 1. The Labute approximate surface area is 142 Å². The maximum absolute atomic E-state index is 12.6. The molecule has 0 aliphatic carbocycles. The molecule has 2 aromatic heterocycles. The zero-order valence-electron chi connectivity index (χ0n) is 14.7. The lowest BCUT2D eigenvalue weighted by atomic mass is 9.97. The molecule has 3 rings (SSSR count). The van der Waals surface area contributed by atoms with Crippen LogP contribution in [0.4, 0.5) is 0 Å². The van der Waals surface area contributed by atoms with E-state index in [9.17, 15) is 4.79 Å². The van der Waals surface area contributed by atoms with Gasteiger partial charge in [0.2, 0.25) is 11.8 Å². The van der Waals surface area contributed by atoms with Gasteiger partial charge < -0.3 is 14.0 Å². The summed E-state index contributed by atoms with van der Waals surface area (Å²) in [5, 5.41) is 4.13. The minimum Gasteiger partial charge on any atom is -0.351 e. The van der Waals surface area contributed by atoms with Gasteiger partial charge in [0.25, 0.3) is 0 Å². The Bertz CT molecular complexity index is 662. The van der Waals surface area contributed by atoms with Gasteiger partial charge in [0.15, 0.2) is 5.82 Å². The minimum atomic E-state index is 0.172. The normalized spacial score (nSPS) is 19.7. The zero-order chi connectivity index (χ0) is 17.1. The van der Waals surface area contributed by atoms with Crippen LogP contribution in [0.25, 0.3) is 0 Å². The summed E-state index contributed by atoms with van der Waals surface area (Å²) in [7, 11) is 0. The molecule has 0 aromatic carbocycles. The highest BCUT2D eigenvalue weighted by molar-refractivity contribution is 5.76. The molecule has 0 radical (unpaired) electrons. The molecule has 24 heavy (non-hydrogen) atoms. The second-order valence-electron chi connectivity index (χ2n) is 7.01. The number of nitrogens with zero attached hydrogens (tertiary/aromatic N) is 4. The van der Waals surface area contributed by atoms with Gasteiger partial charge in [0.1, 0.15) is 0 Å². The van der Waals surface area contributed by atoms with Crippen LogP contribution in [0.5, 0.6) is 0 Å². The number of hydrogen-bond donors (Lipinski definition) is 0. The maximum Gasteiger partial charge on any atom is 0.229 e. The predicted molar refractivity (Wildman–Crippen MR) is 90.7 cm³/mol. The summed E-state index contributed by atoms with van der Waals surface area (Å²) in [5.74, 6) is 2.04. The number of carbonyl (C=O) groups is 1. The smallest absolute Gasteiger partial charge is 0.229 e. The molecule has 3 heterocycles. The Hall–Kier alpha value is -2.11. The first-order valence-electron chi connectivity index (χ1n) is 8.78. The molecular formula is C18H26N4O2. The first-order valence-corrected chi connectivity index (χ1v) is 8.78. The van der Waals surface area contributed by atoms with Crippen LogP contribution < -0.4 is 0 Å². The Morgan fingerprint density at radius 3 is 2.75 bits per heavy atom. The van der Waals surface area contributed by atoms with Crippen LogP contribution in [-0.2, 0) is 4.79 Å². The molecule has 1 amide bonds. The van der Waals surface area contributed by atoms with Gasteiger partial charge in [-0.05, 0) is 31.9 Å². The van der Waals surface area contributed by atoms with Crippen molar-refractivity contribution in [3.63, 3.8) is 0 Å². The van der Waals surface area contributed by atoms with Crippen LogP contribution in [-0.4, -0.2) is 38.6 Å². The van der Waals surface area contributed by atoms with Crippen LogP contribution in [0.3, 0.4) is 0 Å². The molecule has 0 unspecified atom stereocenters. The van der Waals surface area contributed by atoms with Crippen LogP contribution in [0.2, 0.25) is 0 Å². The van der Waals surface area contributed by atoms with Gasteiger partial charge in [-0.2, -0.15) is 4.98 Å². The lowest BCUT2D eigenvalue weighted by molar-refractivity contribution is -0.133. The van der Waals surface area contributed by atoms with Crippen molar-refractivity contribution >= 4 is 5.91 Å². The van der Waals surface area contributed by atoms with Gasteiger partial charge in [-0.3, -0.25) is 4.79 Å². The van der Waals surface area contributed by atoms with E-state index in [0.717, 1.165) is 25.2 Å². The van der Waals surface area contributed by atoms with Crippen molar-refractivity contribution in [1.82, 2.24) is 19.6 Å². The van der Waals surface area contributed by atoms with E-state index in [2.05, 4.69) is 21.6 Å². The van der Waals surface area contributed by atoms with Crippen molar-refractivity contribution in [2.24, 2.45) is 0 Å². The molecule has 2 atom stereocenters. The minimum absolute atomic E-state index is 0.172. The van der Waals surface area contributed by atoms with Crippen molar-refractivity contribution in [2.75, 3.05) is 13.1 Å². The third kappa shape index (κ3) is 3.68. The monoisotopic (exact) mass is 330 g/mol. The Morgan fingerprint density at radius 2 is 2.08 bits per heavy atom. The summed E-state index contributed by atoms with van der Waals surface area (Å²) in [5.41, 5.74) is 0. The van der Waals surface area contributed by atoms with Gasteiger partial charge in [-0.25, -0.2) is 0 Å². The molecule has 1 aliphatic heterocycles. The summed E-state index contributed by atoms with van der Waals surface area (Å²) in [4.78, 5) is 19.1. The quantitative estimate of drug-likeness (QED) is 0.843. The number of aromatic nitrogens is 3. The van der Waals surface area contributed by atoms with E-state index in [1.165, 1.54) is 0 Å². The fourth-order valence-corrected chi connectivity index (χ4v) is 3.19. The third-order valence-electron chi connectivity index (χ3n) is 4.70. The predicted octanol–water partition coefficient (Wildman–Crippen LogP) is 3.35. The maximum atomic E-state index is 12.6. The molecule has 1 fully saturated rings. The number of amides is 1. The molecule has 0 bridgehead atoms. The van der Waals surface area contributed by atoms with E-state index in [1.807, 2.05) is 43.3 Å². The van der Waals surface area contributed by atoms with Gasteiger partial charge >= 0.3 is 0 Å². The molecular weight excluding hydrogens is 304 g/mol. The SMILES string of the molecule is CC(C)c1nc([C@H]2CCCN(C(=O)C[C@@H](C)n3cccc3)C2)no1. The number of likely N-dealkylation sites (tertiary alicyclic amines) is 1. The van der Waals surface area contributed by atoms with E-state index in [0.29, 0.717) is 18.9 Å². The van der Waals surface area contributed by atoms with Crippen molar-refractivity contribution in [1.29, 1.82) is 0 Å². The summed E-state index contributed by atoms with van der Waals surface area (Å²) >= 11 is 0. The lowest BCUT2D eigenvalue weighted by Crippen LogP contribution is -2.40. The Kier molecular flexibility index (Phi) is 5.02. The van der Waals surface area contributed by atoms with Gasteiger partial charge in [-0.15, -0.1) is 0 Å². The number of piperidine rings is 1. The molecule has 6 heteroatoms. The second-order valence-corrected chi connectivity index (χ2v) is 7.01. The standard InChI is InChI=1S/C18H26N4O2/c1-13(2)18-19-17(20-24-18)15-7-6-10-22(12-15)16(23)11-14(3)21-8-4-5-9-21/h4-5,8-9,13-15H,6-7,10-12H2,1-3H3/t14-,15+/m1/s1. The fourth-order valence-electron chi connectivity index (χ4n) is 3.19. The lowest BCUT2D eigenvalue weighted by Gasteiger charge is -2.32. The topological polar surface area (TPSA) is 64.2 Å². The molecule has 0 spiro atoms. The summed E-state index contributed by atoms with van der Waals surface area (Å²) in [6, 6.07) is 4.14. The molecule has 1 saturated heterocycles. The fraction of sp³-hybridized carbons (Fsp3) is 0.611. The van der Waals surface area contributed by atoms with Crippen molar-refractivity contribution < 1.29 is 9.32 Å². The van der Waals surface area contributed by atoms with E-state index < -0.39 is 0 Å². The molecule has 0 saturated carbocycles. The van der Waals surface area contributed by atoms with Crippen LogP contribution >= 0.6 is 0 Å². The largest absolute Gasteiger partial charge is 0.351 e. The van der Waals surface area contributed by atoms with Crippen molar-refractivity contribution in [2.45, 2.75) is 57.9 Å².